The van der Waals surface area contributed by atoms with E-state index in [-0.39, 0.29) is 6.61 Å². The number of nitrogens with zero attached hydrogens (tertiary/aromatic N) is 3. The highest BCUT2D eigenvalue weighted by molar-refractivity contribution is 5.99. The molecule has 6 nitrogen and oxygen atoms in total. The van der Waals surface area contributed by atoms with Gasteiger partial charge in [-0.2, -0.15) is 0 Å². The van der Waals surface area contributed by atoms with Gasteiger partial charge in [0.05, 0.1) is 5.52 Å². The van der Waals surface area contributed by atoms with E-state index in [1.165, 1.54) is 0 Å². The number of ether oxygens (including phenoxy) is 1. The summed E-state index contributed by atoms with van der Waals surface area (Å²) >= 11 is 0. The van der Waals surface area contributed by atoms with Crippen molar-refractivity contribution in [1.29, 1.82) is 0 Å². The summed E-state index contributed by atoms with van der Waals surface area (Å²) in [6.45, 7) is 1.81. The fraction of sp³-hybridized carbons (Fsp3) is 0.208. The first-order valence-corrected chi connectivity index (χ1v) is 10.1. The van der Waals surface area contributed by atoms with Crippen LogP contribution in [-0.4, -0.2) is 29.2 Å². The molecular formula is C24H21N3O3. The molecule has 0 N–H and O–H groups in total. The third-order valence-corrected chi connectivity index (χ3v) is 5.30. The first kappa shape index (κ1) is 18.4. The van der Waals surface area contributed by atoms with Crippen molar-refractivity contribution < 1.29 is 14.1 Å². The van der Waals surface area contributed by atoms with Crippen molar-refractivity contribution in [1.82, 2.24) is 10.1 Å². The highest BCUT2D eigenvalue weighted by atomic mass is 16.5. The number of pyridine rings is 1. The van der Waals surface area contributed by atoms with Crippen LogP contribution in [0.5, 0.6) is 0 Å². The number of benzene rings is 2. The number of carbonyl (C=O) groups is 1. The number of aromatic nitrogens is 2. The summed E-state index contributed by atoms with van der Waals surface area (Å²) in [5.41, 5.74) is 3.03. The Labute approximate surface area is 174 Å². The summed E-state index contributed by atoms with van der Waals surface area (Å²) < 4.78 is 10.9. The average molecular weight is 399 g/mol. The van der Waals surface area contributed by atoms with Gasteiger partial charge in [-0.15, -0.1) is 0 Å². The molecule has 6 heteroatoms. The second-order valence-electron chi connectivity index (χ2n) is 7.37. The number of carbonyl (C=O) groups excluding carboxylic acids is 1. The fourth-order valence-corrected chi connectivity index (χ4v) is 3.77. The predicted molar refractivity (Wildman–Crippen MR) is 114 cm³/mol. The minimum atomic E-state index is -0.409. The number of hydrogen-bond donors (Lipinski definition) is 0. The average Bonchev–Trinajstić information content (AvgIpc) is 3.49. The molecule has 0 spiro atoms. The third-order valence-electron chi connectivity index (χ3n) is 5.30. The molecule has 1 saturated heterocycles. The van der Waals surface area contributed by atoms with Gasteiger partial charge < -0.3 is 14.2 Å². The van der Waals surface area contributed by atoms with Gasteiger partial charge in [-0.3, -0.25) is 0 Å². The Hall–Kier alpha value is -3.67. The summed E-state index contributed by atoms with van der Waals surface area (Å²) in [4.78, 5) is 19.9. The number of esters is 1. The minimum Gasteiger partial charge on any atom is -0.454 e. The van der Waals surface area contributed by atoms with Gasteiger partial charge >= 0.3 is 5.97 Å². The summed E-state index contributed by atoms with van der Waals surface area (Å²) in [5, 5.41) is 4.99. The lowest BCUT2D eigenvalue weighted by atomic mass is 10.1. The Balaban J connectivity index is 1.38. The largest absolute Gasteiger partial charge is 0.454 e. The van der Waals surface area contributed by atoms with E-state index in [1.807, 2.05) is 60.7 Å². The Kier molecular flexibility index (Phi) is 4.89. The smallest absolute Gasteiger partial charge is 0.342 e. The number of para-hydroxylation sites is 1. The van der Waals surface area contributed by atoms with Crippen molar-refractivity contribution in [2.75, 3.05) is 18.0 Å². The number of hydrogen-bond acceptors (Lipinski definition) is 6. The Morgan fingerprint density at radius 2 is 1.77 bits per heavy atom. The van der Waals surface area contributed by atoms with Crippen LogP contribution in [0.15, 0.2) is 71.3 Å². The van der Waals surface area contributed by atoms with Crippen molar-refractivity contribution in [3.8, 4) is 11.3 Å². The van der Waals surface area contributed by atoms with E-state index in [1.54, 1.807) is 6.07 Å². The molecule has 0 bridgehead atoms. The number of anilines is 1. The van der Waals surface area contributed by atoms with Gasteiger partial charge in [-0.05, 0) is 25.0 Å². The second-order valence-corrected chi connectivity index (χ2v) is 7.37. The molecule has 0 aliphatic carbocycles. The van der Waals surface area contributed by atoms with Crippen LogP contribution >= 0.6 is 0 Å². The van der Waals surface area contributed by atoms with Crippen LogP contribution in [0.1, 0.15) is 29.0 Å². The molecule has 0 unspecified atom stereocenters. The molecule has 1 fully saturated rings. The van der Waals surface area contributed by atoms with Gasteiger partial charge in [-0.1, -0.05) is 53.7 Å². The second kappa shape index (κ2) is 7.99. The van der Waals surface area contributed by atoms with Crippen LogP contribution in [0, 0.1) is 0 Å². The SMILES string of the molecule is O=C(OCc1cc(-c2ccccc2)no1)c1cc2ccccc2nc1N1CCCC1. The zero-order chi connectivity index (χ0) is 20.3. The number of rotatable bonds is 5. The molecular weight excluding hydrogens is 378 g/mol. The van der Waals surface area contributed by atoms with Gasteiger partial charge in [0.25, 0.3) is 0 Å². The van der Waals surface area contributed by atoms with Crippen LogP contribution in [0.2, 0.25) is 0 Å². The van der Waals surface area contributed by atoms with Crippen molar-refractivity contribution in [3.63, 3.8) is 0 Å². The van der Waals surface area contributed by atoms with Crippen LogP contribution < -0.4 is 4.90 Å². The van der Waals surface area contributed by atoms with Crippen LogP contribution in [0.4, 0.5) is 5.82 Å². The molecule has 0 atom stereocenters. The molecule has 0 saturated carbocycles. The van der Waals surface area contributed by atoms with Crippen molar-refractivity contribution in [2.24, 2.45) is 0 Å². The van der Waals surface area contributed by atoms with E-state index in [4.69, 9.17) is 14.2 Å². The van der Waals surface area contributed by atoms with E-state index < -0.39 is 5.97 Å². The maximum Gasteiger partial charge on any atom is 0.342 e. The summed E-state index contributed by atoms with van der Waals surface area (Å²) in [6.07, 6.45) is 2.20. The van der Waals surface area contributed by atoms with Gasteiger partial charge in [0.2, 0.25) is 0 Å². The molecule has 1 aliphatic heterocycles. The maximum atomic E-state index is 13.0. The first-order valence-electron chi connectivity index (χ1n) is 10.1. The predicted octanol–water partition coefficient (Wildman–Crippen LogP) is 4.85. The summed E-state index contributed by atoms with van der Waals surface area (Å²) in [5.74, 6) is 0.783. The molecule has 2 aromatic heterocycles. The quantitative estimate of drug-likeness (QED) is 0.447. The van der Waals surface area contributed by atoms with Gasteiger partial charge in [-0.25, -0.2) is 9.78 Å². The van der Waals surface area contributed by atoms with Crippen molar-refractivity contribution in [3.05, 3.63) is 78.1 Å². The molecule has 1 aliphatic rings. The zero-order valence-corrected chi connectivity index (χ0v) is 16.5. The molecule has 3 heterocycles. The highest BCUT2D eigenvalue weighted by Crippen LogP contribution is 2.27. The topological polar surface area (TPSA) is 68.5 Å². The standard InChI is InChI=1S/C24H21N3O3/c28-24(29-16-19-15-22(26-30-19)17-8-2-1-3-9-17)20-14-18-10-4-5-11-21(18)25-23(20)27-12-6-7-13-27/h1-5,8-11,14-15H,6-7,12-13,16H2. The fourth-order valence-electron chi connectivity index (χ4n) is 3.77. The van der Waals surface area contributed by atoms with Crippen LogP contribution in [0.3, 0.4) is 0 Å². The van der Waals surface area contributed by atoms with E-state index in [2.05, 4.69) is 10.1 Å². The lowest BCUT2D eigenvalue weighted by Crippen LogP contribution is -2.22. The lowest BCUT2D eigenvalue weighted by molar-refractivity contribution is 0.0438. The minimum absolute atomic E-state index is 0.0188. The molecule has 0 radical (unpaired) electrons. The van der Waals surface area contributed by atoms with E-state index in [0.717, 1.165) is 42.4 Å². The molecule has 30 heavy (non-hydrogen) atoms. The van der Waals surface area contributed by atoms with Gasteiger partial charge in [0.1, 0.15) is 17.1 Å². The summed E-state index contributed by atoms with van der Waals surface area (Å²) in [7, 11) is 0. The van der Waals surface area contributed by atoms with E-state index >= 15 is 0 Å². The van der Waals surface area contributed by atoms with Gasteiger partial charge in [0, 0.05) is 30.1 Å². The highest BCUT2D eigenvalue weighted by Gasteiger charge is 2.23. The lowest BCUT2D eigenvalue weighted by Gasteiger charge is -2.20. The van der Waals surface area contributed by atoms with Crippen LogP contribution in [-0.2, 0) is 11.3 Å². The van der Waals surface area contributed by atoms with Crippen molar-refractivity contribution >= 4 is 22.7 Å². The number of fused-ring (bicyclic) bond motifs is 1. The Morgan fingerprint density at radius 3 is 2.60 bits per heavy atom. The zero-order valence-electron chi connectivity index (χ0n) is 16.5. The van der Waals surface area contributed by atoms with Gasteiger partial charge in [0.15, 0.2) is 12.4 Å². The molecule has 5 rings (SSSR count). The molecule has 4 aromatic rings. The van der Waals surface area contributed by atoms with E-state index in [0.29, 0.717) is 22.8 Å². The monoisotopic (exact) mass is 399 g/mol. The maximum absolute atomic E-state index is 13.0. The Bertz CT molecular complexity index is 1180. The normalized spacial score (nSPS) is 13.7. The van der Waals surface area contributed by atoms with Crippen molar-refractivity contribution in [2.45, 2.75) is 19.4 Å². The third kappa shape index (κ3) is 3.64. The molecule has 0 amide bonds. The summed E-state index contributed by atoms with van der Waals surface area (Å²) in [6, 6.07) is 21.2. The first-order chi connectivity index (χ1) is 14.8. The molecule has 2 aromatic carbocycles. The Morgan fingerprint density at radius 1 is 1.00 bits per heavy atom. The van der Waals surface area contributed by atoms with E-state index in [9.17, 15) is 4.79 Å². The van der Waals surface area contributed by atoms with Crippen LogP contribution in [0.25, 0.3) is 22.2 Å². The molecule has 150 valence electrons.